The largest absolute Gasteiger partial charge is 0.399 e. The van der Waals surface area contributed by atoms with Crippen molar-refractivity contribution < 1.29 is 4.79 Å². The number of amides is 1. The van der Waals surface area contributed by atoms with Crippen LogP contribution in [0, 0.1) is 0 Å². The predicted octanol–water partition coefficient (Wildman–Crippen LogP) is 3.92. The molecule has 2 aromatic carbocycles. The number of rotatable bonds is 7. The van der Waals surface area contributed by atoms with E-state index in [0.29, 0.717) is 24.6 Å². The maximum Gasteiger partial charge on any atom is 0.220 e. The smallest absolute Gasteiger partial charge is 0.220 e. The molecule has 0 saturated heterocycles. The van der Waals surface area contributed by atoms with Crippen molar-refractivity contribution in [2.75, 3.05) is 12.3 Å². The zero-order valence-corrected chi connectivity index (χ0v) is 14.8. The van der Waals surface area contributed by atoms with Gasteiger partial charge >= 0.3 is 0 Å². The third kappa shape index (κ3) is 6.97. The molecule has 0 fully saturated rings. The standard InChI is InChI=1S/C18H22N2OS.ClH/c1-14(22-16-8-3-2-4-9-16)13-20-18(21)12-11-15-7-5-6-10-17(15)19;/h2-10,14H,11-13,19H2,1H3,(H,20,21);1H. The first-order valence-corrected chi connectivity index (χ1v) is 8.35. The lowest BCUT2D eigenvalue weighted by molar-refractivity contribution is -0.121. The van der Waals surface area contributed by atoms with E-state index in [1.165, 1.54) is 4.90 Å². The molecule has 0 aromatic heterocycles. The van der Waals surface area contributed by atoms with Gasteiger partial charge in [0.2, 0.25) is 5.91 Å². The van der Waals surface area contributed by atoms with Crippen LogP contribution in [0.25, 0.3) is 0 Å². The monoisotopic (exact) mass is 350 g/mol. The molecular weight excluding hydrogens is 328 g/mol. The van der Waals surface area contributed by atoms with Gasteiger partial charge in [0.15, 0.2) is 0 Å². The summed E-state index contributed by atoms with van der Waals surface area (Å²) in [6.07, 6.45) is 1.15. The Kier molecular flexibility index (Phi) is 8.59. The molecule has 0 radical (unpaired) electrons. The number of nitrogens with one attached hydrogen (secondary N) is 1. The van der Waals surface area contributed by atoms with Gasteiger partial charge in [-0.05, 0) is 30.2 Å². The van der Waals surface area contributed by atoms with Gasteiger partial charge in [0.1, 0.15) is 0 Å². The average Bonchev–Trinajstić information content (AvgIpc) is 2.53. The number of aryl methyl sites for hydroxylation is 1. The highest BCUT2D eigenvalue weighted by atomic mass is 35.5. The molecule has 23 heavy (non-hydrogen) atoms. The summed E-state index contributed by atoms with van der Waals surface area (Å²) in [5.41, 5.74) is 7.66. The lowest BCUT2D eigenvalue weighted by Gasteiger charge is -2.12. The number of halogens is 1. The highest BCUT2D eigenvalue weighted by Gasteiger charge is 2.08. The average molecular weight is 351 g/mol. The minimum atomic E-state index is 0. The van der Waals surface area contributed by atoms with Gasteiger partial charge in [-0.3, -0.25) is 4.79 Å². The second-order valence-electron chi connectivity index (χ2n) is 5.24. The predicted molar refractivity (Wildman–Crippen MR) is 101 cm³/mol. The maximum absolute atomic E-state index is 11.9. The SMILES string of the molecule is CC(CNC(=O)CCc1ccccc1N)Sc1ccccc1.Cl. The Balaban J connectivity index is 0.00000264. The summed E-state index contributed by atoms with van der Waals surface area (Å²) in [4.78, 5) is 13.1. The summed E-state index contributed by atoms with van der Waals surface area (Å²) in [7, 11) is 0. The van der Waals surface area contributed by atoms with E-state index in [-0.39, 0.29) is 18.3 Å². The van der Waals surface area contributed by atoms with Crippen molar-refractivity contribution in [3.63, 3.8) is 0 Å². The number of carbonyl (C=O) groups excluding carboxylic acids is 1. The number of thioether (sulfide) groups is 1. The zero-order valence-electron chi connectivity index (χ0n) is 13.2. The highest BCUT2D eigenvalue weighted by Crippen LogP contribution is 2.22. The van der Waals surface area contributed by atoms with Crippen LogP contribution in [-0.4, -0.2) is 17.7 Å². The second kappa shape index (κ2) is 10.2. The summed E-state index contributed by atoms with van der Waals surface area (Å²) in [6.45, 7) is 2.79. The molecule has 5 heteroatoms. The number of carbonyl (C=O) groups is 1. The van der Waals surface area contributed by atoms with E-state index < -0.39 is 0 Å². The van der Waals surface area contributed by atoms with Gasteiger partial charge in [0, 0.05) is 28.8 Å². The number of nitrogen functional groups attached to an aromatic ring is 1. The summed E-state index contributed by atoms with van der Waals surface area (Å²) in [5.74, 6) is 0.0729. The van der Waals surface area contributed by atoms with Gasteiger partial charge in [-0.15, -0.1) is 24.2 Å². The Morgan fingerprint density at radius 2 is 1.78 bits per heavy atom. The second-order valence-corrected chi connectivity index (χ2v) is 6.76. The lowest BCUT2D eigenvalue weighted by Crippen LogP contribution is -2.29. The summed E-state index contributed by atoms with van der Waals surface area (Å²) in [5, 5.41) is 3.33. The van der Waals surface area contributed by atoms with Crippen molar-refractivity contribution in [3.8, 4) is 0 Å². The molecule has 3 nitrogen and oxygen atoms in total. The number of para-hydroxylation sites is 1. The van der Waals surface area contributed by atoms with Gasteiger partial charge < -0.3 is 11.1 Å². The third-order valence-electron chi connectivity index (χ3n) is 3.34. The fourth-order valence-corrected chi connectivity index (χ4v) is 3.07. The van der Waals surface area contributed by atoms with E-state index >= 15 is 0 Å². The first kappa shape index (κ1) is 19.4. The normalized spacial score (nSPS) is 11.3. The van der Waals surface area contributed by atoms with Crippen LogP contribution in [0.5, 0.6) is 0 Å². The molecule has 1 unspecified atom stereocenters. The molecule has 1 amide bonds. The quantitative estimate of drug-likeness (QED) is 0.587. The summed E-state index contributed by atoms with van der Waals surface area (Å²) >= 11 is 1.77. The molecule has 0 saturated carbocycles. The van der Waals surface area contributed by atoms with Crippen LogP contribution in [-0.2, 0) is 11.2 Å². The van der Waals surface area contributed by atoms with Crippen LogP contribution in [0.3, 0.4) is 0 Å². The van der Waals surface area contributed by atoms with Crippen molar-refractivity contribution in [2.24, 2.45) is 0 Å². The van der Waals surface area contributed by atoms with E-state index in [1.54, 1.807) is 11.8 Å². The fraction of sp³-hybridized carbons (Fsp3) is 0.278. The maximum atomic E-state index is 11.9. The Bertz CT molecular complexity index is 607. The van der Waals surface area contributed by atoms with Crippen molar-refractivity contribution in [1.29, 1.82) is 0 Å². The lowest BCUT2D eigenvalue weighted by atomic mass is 10.1. The Hall–Kier alpha value is -1.65. The number of anilines is 1. The highest BCUT2D eigenvalue weighted by molar-refractivity contribution is 8.00. The van der Waals surface area contributed by atoms with Crippen LogP contribution in [0.2, 0.25) is 0 Å². The minimum Gasteiger partial charge on any atom is -0.399 e. The van der Waals surface area contributed by atoms with Crippen LogP contribution < -0.4 is 11.1 Å². The van der Waals surface area contributed by atoms with Crippen molar-refractivity contribution in [3.05, 3.63) is 60.2 Å². The van der Waals surface area contributed by atoms with Crippen molar-refractivity contribution >= 4 is 35.8 Å². The van der Waals surface area contributed by atoms with E-state index in [4.69, 9.17) is 5.73 Å². The van der Waals surface area contributed by atoms with Crippen LogP contribution >= 0.6 is 24.2 Å². The number of benzene rings is 2. The van der Waals surface area contributed by atoms with E-state index in [1.807, 2.05) is 42.5 Å². The molecule has 124 valence electrons. The third-order valence-corrected chi connectivity index (χ3v) is 4.46. The molecule has 3 N–H and O–H groups in total. The van der Waals surface area contributed by atoms with E-state index in [2.05, 4.69) is 24.4 Å². The van der Waals surface area contributed by atoms with Crippen molar-refractivity contribution in [1.82, 2.24) is 5.32 Å². The molecule has 0 aliphatic carbocycles. The van der Waals surface area contributed by atoms with Gasteiger partial charge in [-0.2, -0.15) is 0 Å². The first-order chi connectivity index (χ1) is 10.6. The summed E-state index contributed by atoms with van der Waals surface area (Å²) in [6, 6.07) is 17.9. The first-order valence-electron chi connectivity index (χ1n) is 7.47. The number of nitrogens with two attached hydrogens (primary N) is 1. The van der Waals surface area contributed by atoms with E-state index in [9.17, 15) is 4.79 Å². The zero-order chi connectivity index (χ0) is 15.8. The Morgan fingerprint density at radius 3 is 2.48 bits per heavy atom. The molecule has 0 spiro atoms. The van der Waals surface area contributed by atoms with Gasteiger partial charge in [-0.1, -0.05) is 43.3 Å². The summed E-state index contributed by atoms with van der Waals surface area (Å²) < 4.78 is 0. The number of hydrogen-bond acceptors (Lipinski definition) is 3. The molecule has 2 rings (SSSR count). The molecule has 0 aliphatic heterocycles. The van der Waals surface area contributed by atoms with E-state index in [0.717, 1.165) is 11.3 Å². The van der Waals surface area contributed by atoms with Gasteiger partial charge in [-0.25, -0.2) is 0 Å². The topological polar surface area (TPSA) is 55.1 Å². The molecule has 0 bridgehead atoms. The minimum absolute atomic E-state index is 0. The van der Waals surface area contributed by atoms with Crippen LogP contribution in [0.4, 0.5) is 5.69 Å². The number of hydrogen-bond donors (Lipinski definition) is 2. The van der Waals surface area contributed by atoms with Crippen LogP contribution in [0.15, 0.2) is 59.5 Å². The van der Waals surface area contributed by atoms with Crippen molar-refractivity contribution in [2.45, 2.75) is 29.9 Å². The molecular formula is C18H23ClN2OS. The Morgan fingerprint density at radius 1 is 1.13 bits per heavy atom. The van der Waals surface area contributed by atoms with Gasteiger partial charge in [0.25, 0.3) is 0 Å². The van der Waals surface area contributed by atoms with Crippen LogP contribution in [0.1, 0.15) is 18.9 Å². The molecule has 2 aromatic rings. The fourth-order valence-electron chi connectivity index (χ4n) is 2.13. The molecule has 0 aliphatic rings. The molecule has 1 atom stereocenters. The Labute approximate surface area is 148 Å². The molecule has 0 heterocycles. The van der Waals surface area contributed by atoms with Gasteiger partial charge in [0.05, 0.1) is 0 Å².